The lowest BCUT2D eigenvalue weighted by molar-refractivity contribution is 0.0925. The molecule has 0 aliphatic carbocycles. The molecule has 0 aliphatic rings. The number of rotatable bonds is 6. The van der Waals surface area contributed by atoms with Crippen molar-refractivity contribution in [3.05, 3.63) is 65.2 Å². The quantitative estimate of drug-likeness (QED) is 0.858. The van der Waals surface area contributed by atoms with Gasteiger partial charge < -0.3 is 5.32 Å². The minimum atomic E-state index is -1.03. The van der Waals surface area contributed by atoms with Gasteiger partial charge in [-0.25, -0.2) is 0 Å². The summed E-state index contributed by atoms with van der Waals surface area (Å²) in [6.45, 7) is 6.33. The first-order valence-electron chi connectivity index (χ1n) is 8.25. The normalized spacial score (nSPS) is 13.5. The van der Waals surface area contributed by atoms with Gasteiger partial charge in [0, 0.05) is 27.5 Å². The molecule has 24 heavy (non-hydrogen) atoms. The Morgan fingerprint density at radius 2 is 1.62 bits per heavy atom. The molecule has 0 spiro atoms. The molecule has 3 nitrogen and oxygen atoms in total. The highest BCUT2D eigenvalue weighted by atomic mass is 32.2. The van der Waals surface area contributed by atoms with E-state index in [4.69, 9.17) is 0 Å². The third-order valence-electron chi connectivity index (χ3n) is 4.15. The lowest BCUT2D eigenvalue weighted by Gasteiger charge is -2.23. The highest BCUT2D eigenvalue weighted by Crippen LogP contribution is 2.23. The topological polar surface area (TPSA) is 46.2 Å². The Kier molecular flexibility index (Phi) is 6.32. The smallest absolute Gasteiger partial charge is 0.251 e. The van der Waals surface area contributed by atoms with E-state index in [0.29, 0.717) is 5.56 Å². The minimum absolute atomic E-state index is 0.0385. The van der Waals surface area contributed by atoms with Gasteiger partial charge in [0.05, 0.1) is 6.04 Å². The zero-order valence-electron chi connectivity index (χ0n) is 14.7. The van der Waals surface area contributed by atoms with Gasteiger partial charge in [0.15, 0.2) is 0 Å². The fourth-order valence-corrected chi connectivity index (χ4v) is 3.14. The van der Waals surface area contributed by atoms with E-state index < -0.39 is 10.8 Å². The molecule has 0 bridgehead atoms. The second-order valence-corrected chi connectivity index (χ2v) is 7.65. The second-order valence-electron chi connectivity index (χ2n) is 6.27. The maximum atomic E-state index is 12.6. The van der Waals surface area contributed by atoms with Gasteiger partial charge in [0.25, 0.3) is 5.91 Å². The molecule has 4 heteroatoms. The largest absolute Gasteiger partial charge is 0.345 e. The van der Waals surface area contributed by atoms with Crippen LogP contribution in [0.5, 0.6) is 0 Å². The fraction of sp³-hybridized carbons (Fsp3) is 0.350. The second kappa shape index (κ2) is 8.25. The SMILES string of the molecule is CCc1ccc(C(NC(=O)c2ccc(S(C)=O)cc2)C(C)C)cc1. The maximum Gasteiger partial charge on any atom is 0.251 e. The number of nitrogens with one attached hydrogen (secondary N) is 1. The van der Waals surface area contributed by atoms with Crippen molar-refractivity contribution in [2.24, 2.45) is 5.92 Å². The van der Waals surface area contributed by atoms with Crippen LogP contribution in [-0.4, -0.2) is 16.4 Å². The van der Waals surface area contributed by atoms with Gasteiger partial charge in [-0.15, -0.1) is 0 Å². The molecule has 2 rings (SSSR count). The van der Waals surface area contributed by atoms with Crippen molar-refractivity contribution in [3.8, 4) is 0 Å². The van der Waals surface area contributed by atoms with E-state index in [1.807, 2.05) is 0 Å². The van der Waals surface area contributed by atoms with Crippen molar-refractivity contribution in [1.82, 2.24) is 5.32 Å². The third-order valence-corrected chi connectivity index (χ3v) is 5.08. The van der Waals surface area contributed by atoms with E-state index in [1.54, 1.807) is 30.5 Å². The molecule has 1 N–H and O–H groups in total. The number of hydrogen-bond acceptors (Lipinski definition) is 2. The van der Waals surface area contributed by atoms with Crippen molar-refractivity contribution in [2.45, 2.75) is 38.1 Å². The van der Waals surface area contributed by atoms with Gasteiger partial charge in [-0.2, -0.15) is 0 Å². The summed E-state index contributed by atoms with van der Waals surface area (Å²) < 4.78 is 11.4. The Morgan fingerprint density at radius 1 is 1.04 bits per heavy atom. The van der Waals surface area contributed by atoms with E-state index in [-0.39, 0.29) is 17.9 Å². The summed E-state index contributed by atoms with van der Waals surface area (Å²) in [4.78, 5) is 13.3. The standard InChI is InChI=1S/C20H25NO2S/c1-5-15-6-8-16(9-7-15)19(14(2)3)21-20(22)17-10-12-18(13-11-17)24(4)23/h6-14,19H,5H2,1-4H3,(H,21,22). The van der Waals surface area contributed by atoms with E-state index in [2.05, 4.69) is 50.4 Å². The summed E-state index contributed by atoms with van der Waals surface area (Å²) in [5.74, 6) is 0.172. The van der Waals surface area contributed by atoms with Gasteiger partial charge in [-0.3, -0.25) is 9.00 Å². The fourth-order valence-electron chi connectivity index (χ4n) is 2.62. The highest BCUT2D eigenvalue weighted by Gasteiger charge is 2.19. The predicted octanol–water partition coefficient (Wildman–Crippen LogP) is 4.11. The highest BCUT2D eigenvalue weighted by molar-refractivity contribution is 7.84. The first-order chi connectivity index (χ1) is 11.4. The number of aryl methyl sites for hydroxylation is 1. The summed E-state index contributed by atoms with van der Waals surface area (Å²) in [6.07, 6.45) is 2.63. The van der Waals surface area contributed by atoms with Crippen LogP contribution in [0.4, 0.5) is 0 Å². The number of benzene rings is 2. The minimum Gasteiger partial charge on any atom is -0.345 e. The van der Waals surface area contributed by atoms with Crippen molar-refractivity contribution in [2.75, 3.05) is 6.26 Å². The lowest BCUT2D eigenvalue weighted by Crippen LogP contribution is -2.31. The summed E-state index contributed by atoms with van der Waals surface area (Å²) >= 11 is 0. The van der Waals surface area contributed by atoms with Gasteiger partial charge in [-0.1, -0.05) is 45.0 Å². The molecular weight excluding hydrogens is 318 g/mol. The molecule has 0 radical (unpaired) electrons. The van der Waals surface area contributed by atoms with Crippen LogP contribution in [0.2, 0.25) is 0 Å². The van der Waals surface area contributed by atoms with E-state index >= 15 is 0 Å². The number of carbonyl (C=O) groups excluding carboxylic acids is 1. The summed E-state index contributed by atoms with van der Waals surface area (Å²) in [5.41, 5.74) is 2.98. The molecule has 0 aliphatic heterocycles. The van der Waals surface area contributed by atoms with Crippen molar-refractivity contribution in [1.29, 1.82) is 0 Å². The van der Waals surface area contributed by atoms with Gasteiger partial charge in [-0.05, 0) is 47.7 Å². The molecule has 2 aromatic rings. The number of amides is 1. The lowest BCUT2D eigenvalue weighted by atomic mass is 9.94. The third kappa shape index (κ3) is 4.54. The van der Waals surface area contributed by atoms with Crippen LogP contribution in [0.3, 0.4) is 0 Å². The average Bonchev–Trinajstić information content (AvgIpc) is 2.59. The zero-order valence-corrected chi connectivity index (χ0v) is 15.5. The molecule has 2 unspecified atom stereocenters. The van der Waals surface area contributed by atoms with Gasteiger partial charge >= 0.3 is 0 Å². The van der Waals surface area contributed by atoms with E-state index in [0.717, 1.165) is 16.9 Å². The Labute approximate surface area is 146 Å². The molecule has 128 valence electrons. The van der Waals surface area contributed by atoms with Crippen LogP contribution < -0.4 is 5.32 Å². The summed E-state index contributed by atoms with van der Waals surface area (Å²) in [6, 6.07) is 15.3. The molecule has 1 amide bonds. The molecule has 0 saturated heterocycles. The van der Waals surface area contributed by atoms with Crippen molar-refractivity contribution < 1.29 is 9.00 Å². The number of hydrogen-bond donors (Lipinski definition) is 1. The summed E-state index contributed by atoms with van der Waals surface area (Å²) in [7, 11) is -1.03. The molecule has 0 saturated carbocycles. The van der Waals surface area contributed by atoms with Gasteiger partial charge in [0.2, 0.25) is 0 Å². The monoisotopic (exact) mass is 343 g/mol. The molecule has 2 aromatic carbocycles. The van der Waals surface area contributed by atoms with Crippen LogP contribution >= 0.6 is 0 Å². The molecule has 0 fully saturated rings. The molecule has 0 heterocycles. The maximum absolute atomic E-state index is 12.6. The summed E-state index contributed by atoms with van der Waals surface area (Å²) in [5, 5.41) is 3.12. The van der Waals surface area contributed by atoms with Crippen LogP contribution in [0, 0.1) is 5.92 Å². The van der Waals surface area contributed by atoms with Crippen molar-refractivity contribution in [3.63, 3.8) is 0 Å². The van der Waals surface area contributed by atoms with Crippen LogP contribution in [0.1, 0.15) is 48.3 Å². The molecular formula is C20H25NO2S. The van der Waals surface area contributed by atoms with Crippen LogP contribution in [0.15, 0.2) is 53.4 Å². The van der Waals surface area contributed by atoms with Crippen LogP contribution in [-0.2, 0) is 17.2 Å². The first kappa shape index (κ1) is 18.4. The van der Waals surface area contributed by atoms with E-state index in [1.165, 1.54) is 5.56 Å². The Balaban J connectivity index is 2.17. The zero-order chi connectivity index (χ0) is 17.7. The number of carbonyl (C=O) groups is 1. The first-order valence-corrected chi connectivity index (χ1v) is 9.81. The molecule has 2 atom stereocenters. The Morgan fingerprint density at radius 3 is 2.08 bits per heavy atom. The Bertz CT molecular complexity index is 705. The Hall–Kier alpha value is -1.94. The van der Waals surface area contributed by atoms with Crippen LogP contribution in [0.25, 0.3) is 0 Å². The average molecular weight is 343 g/mol. The molecule has 0 aromatic heterocycles. The predicted molar refractivity (Wildman–Crippen MR) is 99.6 cm³/mol. The van der Waals surface area contributed by atoms with E-state index in [9.17, 15) is 9.00 Å². The van der Waals surface area contributed by atoms with Gasteiger partial charge in [0.1, 0.15) is 0 Å². The van der Waals surface area contributed by atoms with Crippen molar-refractivity contribution >= 4 is 16.7 Å².